The molecule has 0 radical (unpaired) electrons. The number of carbonyl (C=O) groups is 3. The summed E-state index contributed by atoms with van der Waals surface area (Å²) in [5.41, 5.74) is 0. The lowest BCUT2D eigenvalue weighted by Gasteiger charge is -2.46. The minimum Gasteiger partial charge on any atom is -0.469 e. The fraction of sp³-hybridized carbons (Fsp3) is 0.653. The maximum absolute atomic E-state index is 13.2. The molecule has 0 saturated carbocycles. The molecule has 4 rings (SSSR count). The van der Waals surface area contributed by atoms with Gasteiger partial charge in [-0.2, -0.15) is 0 Å². The number of rotatable bonds is 2. The molecule has 14 heteroatoms. The Bertz CT molecular complexity index is 1710. The summed E-state index contributed by atoms with van der Waals surface area (Å²) in [6.07, 6.45) is 19.7. The van der Waals surface area contributed by atoms with E-state index in [4.69, 9.17) is 37.9 Å². The number of carbonyl (C=O) groups excluding carboxylic acids is 3. The van der Waals surface area contributed by atoms with E-state index < -0.39 is 84.0 Å². The molecule has 13 atom stereocenters. The summed E-state index contributed by atoms with van der Waals surface area (Å²) >= 11 is 0. The fourth-order valence-corrected chi connectivity index (χ4v) is 8.72. The van der Waals surface area contributed by atoms with Crippen molar-refractivity contribution in [2.45, 2.75) is 172 Å². The first-order valence-electron chi connectivity index (χ1n) is 22.2. The lowest BCUT2D eigenvalue weighted by molar-refractivity contribution is -0.308. The maximum atomic E-state index is 13.2. The van der Waals surface area contributed by atoms with E-state index in [2.05, 4.69) is 0 Å². The van der Waals surface area contributed by atoms with E-state index in [0.717, 1.165) is 0 Å². The van der Waals surface area contributed by atoms with E-state index >= 15 is 0 Å². The van der Waals surface area contributed by atoms with Gasteiger partial charge in [0.2, 0.25) is 0 Å². The van der Waals surface area contributed by atoms with Crippen molar-refractivity contribution >= 4 is 17.7 Å². The molecule has 14 nitrogen and oxygen atoms in total. The molecule has 0 spiro atoms. The number of aliphatic hydroxyl groups is 3. The zero-order valence-corrected chi connectivity index (χ0v) is 38.5. The summed E-state index contributed by atoms with van der Waals surface area (Å²) < 4.78 is 48.1. The molecule has 0 amide bonds. The van der Waals surface area contributed by atoms with E-state index in [-0.39, 0.29) is 55.8 Å². The molecule has 3 fully saturated rings. The van der Waals surface area contributed by atoms with Crippen molar-refractivity contribution in [1.29, 1.82) is 0 Å². The van der Waals surface area contributed by atoms with Crippen LogP contribution in [0.4, 0.5) is 0 Å². The smallest absolute Gasteiger partial charge is 0.313 e. The van der Waals surface area contributed by atoms with Crippen molar-refractivity contribution in [2.75, 3.05) is 14.2 Å². The maximum Gasteiger partial charge on any atom is 0.313 e. The van der Waals surface area contributed by atoms with Crippen molar-refractivity contribution < 1.29 is 67.6 Å². The summed E-state index contributed by atoms with van der Waals surface area (Å²) in [7, 11) is 2.60. The SMILES string of the molecule is COC(=O)[C@H]1[C@@H]2CC(=O)/C=C/C=C/C=C/C=C/C=C/C=C/C=C/[C@H](C)[C@@H](O)[C@@H](C)[C@H](C)OC(=O)C[C@H]3C[C@@H](CC[C@H]4OC(C)(C)O[C@@H]4C[C@H](O)C[C@](OC)(C[C@@H]1O)O2)OC(C)(C)O3. The zero-order valence-electron chi connectivity index (χ0n) is 38.5. The molecule has 3 N–H and O–H groups in total. The van der Waals surface area contributed by atoms with Crippen molar-refractivity contribution in [3.8, 4) is 0 Å². The van der Waals surface area contributed by atoms with Gasteiger partial charge in [-0.15, -0.1) is 0 Å². The first-order valence-corrected chi connectivity index (χ1v) is 22.2. The van der Waals surface area contributed by atoms with Gasteiger partial charge in [-0.05, 0) is 53.5 Å². The minimum absolute atomic E-state index is 0.0156. The van der Waals surface area contributed by atoms with Crippen LogP contribution >= 0.6 is 0 Å². The third-order valence-electron chi connectivity index (χ3n) is 11.9. The predicted molar refractivity (Wildman–Crippen MR) is 236 cm³/mol. The van der Waals surface area contributed by atoms with Crippen molar-refractivity contribution in [1.82, 2.24) is 0 Å². The number of ether oxygens (including phenoxy) is 8. The van der Waals surface area contributed by atoms with Crippen LogP contribution in [0.25, 0.3) is 0 Å². The third-order valence-corrected chi connectivity index (χ3v) is 11.9. The minimum atomic E-state index is -1.54. The highest BCUT2D eigenvalue weighted by Gasteiger charge is 2.52. The van der Waals surface area contributed by atoms with Gasteiger partial charge in [-0.25, -0.2) is 0 Å². The lowest BCUT2D eigenvalue weighted by Crippen LogP contribution is -2.56. The van der Waals surface area contributed by atoms with Crippen LogP contribution in [0, 0.1) is 17.8 Å². The molecule has 4 bridgehead atoms. The molecule has 63 heavy (non-hydrogen) atoms. The van der Waals surface area contributed by atoms with Gasteiger partial charge in [0.05, 0.1) is 62.4 Å². The Balaban J connectivity index is 1.54. The number of hydrogen-bond acceptors (Lipinski definition) is 14. The molecular weight excluding hydrogens is 813 g/mol. The molecule has 4 heterocycles. The van der Waals surface area contributed by atoms with E-state index in [0.29, 0.717) is 19.3 Å². The average molecular weight is 885 g/mol. The van der Waals surface area contributed by atoms with Crippen LogP contribution in [0.1, 0.15) is 99.8 Å². The molecular formula is C49H72O14. The Hall–Kier alpha value is -3.57. The second kappa shape index (κ2) is 24.1. The van der Waals surface area contributed by atoms with E-state index in [1.54, 1.807) is 45.1 Å². The van der Waals surface area contributed by atoms with Gasteiger partial charge in [0.1, 0.15) is 12.0 Å². The number of cyclic esters (lactones) is 1. The van der Waals surface area contributed by atoms with Crippen molar-refractivity contribution in [2.24, 2.45) is 17.8 Å². The van der Waals surface area contributed by atoms with Crippen LogP contribution in [-0.2, 0) is 52.3 Å². The van der Waals surface area contributed by atoms with Crippen LogP contribution in [0.15, 0.2) is 85.1 Å². The van der Waals surface area contributed by atoms with Crippen LogP contribution in [0.5, 0.6) is 0 Å². The second-order valence-electron chi connectivity index (χ2n) is 18.0. The highest BCUT2D eigenvalue weighted by molar-refractivity contribution is 5.91. The molecule has 0 aromatic carbocycles. The van der Waals surface area contributed by atoms with Crippen molar-refractivity contribution in [3.63, 3.8) is 0 Å². The molecule has 0 aromatic heterocycles. The zero-order chi connectivity index (χ0) is 46.4. The summed E-state index contributed by atoms with van der Waals surface area (Å²) in [5, 5.41) is 34.0. The molecule has 0 aliphatic carbocycles. The lowest BCUT2D eigenvalue weighted by atomic mass is 9.82. The molecule has 352 valence electrons. The highest BCUT2D eigenvalue weighted by atomic mass is 16.8. The number of hydrogen-bond donors (Lipinski definition) is 3. The standard InChI is InChI=1S/C49H72O14/c1-32-22-20-18-16-14-12-10-11-13-15-17-19-21-23-35(50)26-42-44(46(55)56-8)39(52)31-49(57-9,63-42)30-36(51)27-41-40(61-48(6,7)62-41)25-24-37-28-38(60-47(4,5)59-37)29-43(53)58-34(3)33(2)45(32)54/h10-23,32-34,36-42,44-45,51-52,54H,24-31H2,1-9H3/b11-10+,14-12+,15-13+,18-16+,19-17+,22-20+,23-21+/t32-,33-,34-,36-,37+,38+,39-,40+,41+,42-,44+,45+,49+/m0/s1. The highest BCUT2D eigenvalue weighted by Crippen LogP contribution is 2.41. The molecule has 4 aliphatic rings. The van der Waals surface area contributed by atoms with Gasteiger partial charge in [0, 0.05) is 51.0 Å². The Kier molecular flexibility index (Phi) is 19.9. The van der Waals surface area contributed by atoms with Gasteiger partial charge in [-0.3, -0.25) is 14.4 Å². The van der Waals surface area contributed by atoms with E-state index in [1.807, 2.05) is 82.4 Å². The van der Waals surface area contributed by atoms with Crippen molar-refractivity contribution in [3.05, 3.63) is 85.1 Å². The van der Waals surface area contributed by atoms with E-state index in [9.17, 15) is 29.7 Å². The summed E-state index contributed by atoms with van der Waals surface area (Å²) in [4.78, 5) is 39.3. The summed E-state index contributed by atoms with van der Waals surface area (Å²) in [6, 6.07) is 0. The average Bonchev–Trinajstić information content (AvgIpc) is 3.49. The number of fused-ring (bicyclic) bond motifs is 5. The number of allylic oxidation sites excluding steroid dienone is 13. The summed E-state index contributed by atoms with van der Waals surface area (Å²) in [6.45, 7) is 12.8. The van der Waals surface area contributed by atoms with Crippen LogP contribution in [-0.4, -0.2) is 120 Å². The summed E-state index contributed by atoms with van der Waals surface area (Å²) in [5.74, 6) is -6.63. The first-order chi connectivity index (χ1) is 29.8. The van der Waals surface area contributed by atoms with E-state index in [1.165, 1.54) is 20.3 Å². The number of ketones is 1. The Morgan fingerprint density at radius 3 is 1.86 bits per heavy atom. The van der Waals surface area contributed by atoms with Crippen LogP contribution in [0.3, 0.4) is 0 Å². The normalized spacial score (nSPS) is 41.4. The fourth-order valence-electron chi connectivity index (χ4n) is 8.72. The number of methoxy groups -OCH3 is 2. The van der Waals surface area contributed by atoms with Gasteiger partial charge in [-0.1, -0.05) is 92.8 Å². The Morgan fingerprint density at radius 2 is 1.24 bits per heavy atom. The molecule has 0 aromatic rings. The van der Waals surface area contributed by atoms with Crippen LogP contribution < -0.4 is 0 Å². The van der Waals surface area contributed by atoms with Gasteiger partial charge in [0.15, 0.2) is 23.1 Å². The Labute approximate surface area is 373 Å². The van der Waals surface area contributed by atoms with Gasteiger partial charge < -0.3 is 53.2 Å². The Morgan fingerprint density at radius 1 is 0.667 bits per heavy atom. The largest absolute Gasteiger partial charge is 0.469 e. The van der Waals surface area contributed by atoms with Gasteiger partial charge >= 0.3 is 11.9 Å². The topological polar surface area (TPSA) is 186 Å². The molecule has 3 saturated heterocycles. The number of esters is 2. The quantitative estimate of drug-likeness (QED) is 0.257. The third kappa shape index (κ3) is 16.4. The monoisotopic (exact) mass is 884 g/mol. The first kappa shape index (κ1) is 52.1. The predicted octanol–water partition coefficient (Wildman–Crippen LogP) is 6.44. The molecule has 4 aliphatic heterocycles. The molecule has 0 unspecified atom stereocenters. The van der Waals surface area contributed by atoms with Gasteiger partial charge in [0.25, 0.3) is 0 Å². The number of aliphatic hydroxyl groups excluding tert-OH is 3. The van der Waals surface area contributed by atoms with Crippen LogP contribution in [0.2, 0.25) is 0 Å². The second-order valence-corrected chi connectivity index (χ2v) is 18.0.